The molecule has 2 N–H and O–H groups in total. The van der Waals surface area contributed by atoms with Gasteiger partial charge in [0.25, 0.3) is 0 Å². The van der Waals surface area contributed by atoms with Gasteiger partial charge >= 0.3 is 6.18 Å². The molecule has 1 fully saturated rings. The van der Waals surface area contributed by atoms with E-state index in [1.54, 1.807) is 6.92 Å². The first-order chi connectivity index (χ1) is 7.47. The molecule has 2 nitrogen and oxygen atoms in total. The Labute approximate surface area is 95.0 Å². The first kappa shape index (κ1) is 13.8. The van der Waals surface area contributed by atoms with Crippen molar-refractivity contribution >= 4 is 0 Å². The Kier molecular flexibility index (Phi) is 5.55. The van der Waals surface area contributed by atoms with Crippen molar-refractivity contribution in [3.8, 4) is 0 Å². The molecular formula is C11H21F3N2. The van der Waals surface area contributed by atoms with Gasteiger partial charge in [-0.3, -0.25) is 0 Å². The molecule has 0 amide bonds. The van der Waals surface area contributed by atoms with Crippen molar-refractivity contribution in [3.05, 3.63) is 0 Å². The summed E-state index contributed by atoms with van der Waals surface area (Å²) in [6, 6.07) is -0.475. The average molecular weight is 238 g/mol. The molecule has 1 aliphatic heterocycles. The number of nitrogens with one attached hydrogen (secondary N) is 2. The van der Waals surface area contributed by atoms with Gasteiger partial charge in [-0.1, -0.05) is 0 Å². The first-order valence-electron chi connectivity index (χ1n) is 5.98. The lowest BCUT2D eigenvalue weighted by Crippen LogP contribution is -2.35. The Balaban J connectivity index is 2.05. The molecule has 1 saturated heterocycles. The summed E-state index contributed by atoms with van der Waals surface area (Å²) in [5, 5.41) is 6.24. The van der Waals surface area contributed by atoms with Gasteiger partial charge in [-0.2, -0.15) is 13.2 Å². The molecule has 0 aromatic rings. The molecule has 0 bridgehead atoms. The van der Waals surface area contributed by atoms with E-state index in [2.05, 4.69) is 10.6 Å². The van der Waals surface area contributed by atoms with Crippen LogP contribution in [0, 0.1) is 5.92 Å². The van der Waals surface area contributed by atoms with Crippen molar-refractivity contribution in [2.75, 3.05) is 19.6 Å². The lowest BCUT2D eigenvalue weighted by Gasteiger charge is -2.23. The summed E-state index contributed by atoms with van der Waals surface area (Å²) in [6.07, 6.45) is -1.45. The van der Waals surface area contributed by atoms with Gasteiger partial charge in [0.05, 0.1) is 6.42 Å². The predicted octanol–water partition coefficient (Wildman–Crippen LogP) is 2.31. The third kappa shape index (κ3) is 6.33. The van der Waals surface area contributed by atoms with Crippen LogP contribution in [0.2, 0.25) is 0 Å². The van der Waals surface area contributed by atoms with Crippen molar-refractivity contribution in [1.82, 2.24) is 10.6 Å². The monoisotopic (exact) mass is 238 g/mol. The van der Waals surface area contributed by atoms with Crippen molar-refractivity contribution in [1.29, 1.82) is 0 Å². The number of halogens is 3. The van der Waals surface area contributed by atoms with E-state index in [0.29, 0.717) is 12.5 Å². The molecule has 1 rings (SSSR count). The predicted molar refractivity (Wildman–Crippen MR) is 58.3 cm³/mol. The summed E-state index contributed by atoms with van der Waals surface area (Å²) in [5.41, 5.74) is 0. The Hall–Kier alpha value is -0.290. The van der Waals surface area contributed by atoms with Gasteiger partial charge < -0.3 is 10.6 Å². The fraction of sp³-hybridized carbons (Fsp3) is 1.00. The Morgan fingerprint density at radius 3 is 2.75 bits per heavy atom. The van der Waals surface area contributed by atoms with E-state index in [1.165, 1.54) is 12.8 Å². The first-order valence-corrected chi connectivity index (χ1v) is 5.98. The van der Waals surface area contributed by atoms with Gasteiger partial charge in [-0.05, 0) is 51.7 Å². The zero-order valence-corrected chi connectivity index (χ0v) is 9.74. The molecule has 0 aromatic heterocycles. The zero-order chi connectivity index (χ0) is 12.0. The molecule has 1 heterocycles. The maximum Gasteiger partial charge on any atom is 0.390 e. The fourth-order valence-electron chi connectivity index (χ4n) is 2.12. The molecule has 0 aliphatic carbocycles. The Bertz CT molecular complexity index is 188. The maximum absolute atomic E-state index is 12.0. The second-order valence-corrected chi connectivity index (χ2v) is 4.68. The summed E-state index contributed by atoms with van der Waals surface area (Å²) >= 11 is 0. The van der Waals surface area contributed by atoms with E-state index in [9.17, 15) is 13.2 Å². The SMILES string of the molecule is CC(CC(F)(F)F)NCCC1CCCNC1. The molecule has 0 spiro atoms. The molecule has 0 radical (unpaired) electrons. The number of hydrogen-bond acceptors (Lipinski definition) is 2. The lowest BCUT2D eigenvalue weighted by atomic mass is 9.96. The highest BCUT2D eigenvalue weighted by Gasteiger charge is 2.29. The van der Waals surface area contributed by atoms with Crippen LogP contribution in [-0.2, 0) is 0 Å². The van der Waals surface area contributed by atoms with E-state index < -0.39 is 18.6 Å². The van der Waals surface area contributed by atoms with Crippen molar-refractivity contribution in [3.63, 3.8) is 0 Å². The summed E-state index contributed by atoms with van der Waals surface area (Å²) in [5.74, 6) is 0.624. The third-order valence-corrected chi connectivity index (χ3v) is 2.98. The number of rotatable bonds is 5. The lowest BCUT2D eigenvalue weighted by molar-refractivity contribution is -0.139. The Morgan fingerprint density at radius 1 is 1.44 bits per heavy atom. The summed E-state index contributed by atoms with van der Waals surface area (Å²) in [7, 11) is 0. The highest BCUT2D eigenvalue weighted by molar-refractivity contribution is 4.71. The van der Waals surface area contributed by atoms with E-state index in [1.807, 2.05) is 0 Å². The molecule has 16 heavy (non-hydrogen) atoms. The van der Waals surface area contributed by atoms with Crippen LogP contribution < -0.4 is 10.6 Å². The molecule has 2 atom stereocenters. The average Bonchev–Trinajstić information content (AvgIpc) is 2.16. The minimum atomic E-state index is -4.06. The van der Waals surface area contributed by atoms with Crippen LogP contribution in [0.3, 0.4) is 0 Å². The third-order valence-electron chi connectivity index (χ3n) is 2.98. The minimum absolute atomic E-state index is 0.475. The van der Waals surface area contributed by atoms with Gasteiger partial charge in [-0.15, -0.1) is 0 Å². The van der Waals surface area contributed by atoms with E-state index in [-0.39, 0.29) is 0 Å². The topological polar surface area (TPSA) is 24.1 Å². The van der Waals surface area contributed by atoms with Gasteiger partial charge in [0, 0.05) is 6.04 Å². The molecule has 5 heteroatoms. The van der Waals surface area contributed by atoms with Gasteiger partial charge in [-0.25, -0.2) is 0 Å². The largest absolute Gasteiger partial charge is 0.390 e. The van der Waals surface area contributed by atoms with Gasteiger partial charge in [0.15, 0.2) is 0 Å². The highest BCUT2D eigenvalue weighted by atomic mass is 19.4. The van der Waals surface area contributed by atoms with Crippen LogP contribution >= 0.6 is 0 Å². The summed E-state index contributed by atoms with van der Waals surface area (Å²) in [4.78, 5) is 0. The molecule has 0 aromatic carbocycles. The second-order valence-electron chi connectivity index (χ2n) is 4.68. The van der Waals surface area contributed by atoms with Crippen molar-refractivity contribution in [2.24, 2.45) is 5.92 Å². The van der Waals surface area contributed by atoms with Gasteiger partial charge in [0.2, 0.25) is 0 Å². The molecule has 96 valence electrons. The Morgan fingerprint density at radius 2 is 2.19 bits per heavy atom. The van der Waals surface area contributed by atoms with Crippen LogP contribution in [0.4, 0.5) is 13.2 Å². The molecule has 2 unspecified atom stereocenters. The summed E-state index contributed by atoms with van der Waals surface area (Å²) < 4.78 is 36.1. The van der Waals surface area contributed by atoms with Crippen molar-refractivity contribution < 1.29 is 13.2 Å². The second kappa shape index (κ2) is 6.45. The number of piperidine rings is 1. The summed E-state index contributed by atoms with van der Waals surface area (Å²) in [6.45, 7) is 4.36. The van der Waals surface area contributed by atoms with Crippen LogP contribution in [0.1, 0.15) is 32.6 Å². The number of hydrogen-bond donors (Lipinski definition) is 2. The normalized spacial score (nSPS) is 24.4. The van der Waals surface area contributed by atoms with Crippen LogP contribution in [0.15, 0.2) is 0 Å². The molecule has 0 saturated carbocycles. The van der Waals surface area contributed by atoms with Gasteiger partial charge in [0.1, 0.15) is 0 Å². The van der Waals surface area contributed by atoms with Crippen LogP contribution in [0.5, 0.6) is 0 Å². The molecule has 1 aliphatic rings. The smallest absolute Gasteiger partial charge is 0.316 e. The molecular weight excluding hydrogens is 217 g/mol. The standard InChI is InChI=1S/C11H21F3N2/c1-9(7-11(12,13)14)16-6-4-10-3-2-5-15-8-10/h9-10,15-16H,2-8H2,1H3. The number of alkyl halides is 3. The quantitative estimate of drug-likeness (QED) is 0.768. The van der Waals surface area contributed by atoms with Crippen LogP contribution in [0.25, 0.3) is 0 Å². The fourth-order valence-corrected chi connectivity index (χ4v) is 2.12. The highest BCUT2D eigenvalue weighted by Crippen LogP contribution is 2.21. The zero-order valence-electron chi connectivity index (χ0n) is 9.74. The van der Waals surface area contributed by atoms with E-state index in [4.69, 9.17) is 0 Å². The van der Waals surface area contributed by atoms with E-state index in [0.717, 1.165) is 19.5 Å². The van der Waals surface area contributed by atoms with Crippen molar-refractivity contribution in [2.45, 2.75) is 44.8 Å². The maximum atomic E-state index is 12.0. The van der Waals surface area contributed by atoms with E-state index >= 15 is 0 Å². The van der Waals surface area contributed by atoms with Crippen LogP contribution in [-0.4, -0.2) is 31.9 Å². The minimum Gasteiger partial charge on any atom is -0.316 e.